The molecule has 3 N–H and O–H groups in total. The fraction of sp³-hybridized carbons (Fsp3) is 0.429. The molecule has 1 aromatic carbocycles. The SMILES string of the molecule is CNC(=O)c1ccc(Cl)c(NC(=O)CC2CSCCN2)c1. The van der Waals surface area contributed by atoms with Crippen molar-refractivity contribution in [1.82, 2.24) is 10.6 Å². The van der Waals surface area contributed by atoms with E-state index in [0.29, 0.717) is 22.7 Å². The fourth-order valence-electron chi connectivity index (χ4n) is 2.08. The van der Waals surface area contributed by atoms with Crippen molar-refractivity contribution in [1.29, 1.82) is 0 Å². The Hall–Kier alpha value is -1.24. The minimum Gasteiger partial charge on any atom is -0.355 e. The van der Waals surface area contributed by atoms with Gasteiger partial charge in [-0.1, -0.05) is 11.6 Å². The molecule has 0 bridgehead atoms. The van der Waals surface area contributed by atoms with Crippen LogP contribution in [0.4, 0.5) is 5.69 Å². The van der Waals surface area contributed by atoms with Gasteiger partial charge >= 0.3 is 0 Å². The first-order valence-corrected chi connectivity index (χ1v) is 8.26. The molecule has 114 valence electrons. The summed E-state index contributed by atoms with van der Waals surface area (Å²) in [4.78, 5) is 23.7. The molecular formula is C14H18ClN3O2S. The molecule has 1 heterocycles. The molecule has 1 fully saturated rings. The minimum atomic E-state index is -0.215. The minimum absolute atomic E-state index is 0.106. The molecule has 0 aromatic heterocycles. The third kappa shape index (κ3) is 4.62. The Bertz CT molecular complexity index is 533. The van der Waals surface area contributed by atoms with E-state index >= 15 is 0 Å². The number of halogens is 1. The van der Waals surface area contributed by atoms with Gasteiger partial charge in [0.15, 0.2) is 0 Å². The molecule has 1 aliphatic rings. The number of nitrogens with one attached hydrogen (secondary N) is 3. The molecular weight excluding hydrogens is 310 g/mol. The van der Waals surface area contributed by atoms with Crippen molar-refractivity contribution >= 4 is 40.9 Å². The first kappa shape index (κ1) is 16.1. The van der Waals surface area contributed by atoms with Crippen molar-refractivity contribution in [2.45, 2.75) is 12.5 Å². The quantitative estimate of drug-likeness (QED) is 0.787. The van der Waals surface area contributed by atoms with E-state index in [0.717, 1.165) is 18.1 Å². The maximum atomic E-state index is 12.1. The molecule has 1 saturated heterocycles. The van der Waals surface area contributed by atoms with E-state index in [1.807, 2.05) is 11.8 Å². The summed E-state index contributed by atoms with van der Waals surface area (Å²) in [5.41, 5.74) is 0.926. The van der Waals surface area contributed by atoms with Gasteiger partial charge in [0.2, 0.25) is 5.91 Å². The third-order valence-electron chi connectivity index (χ3n) is 3.16. The lowest BCUT2D eigenvalue weighted by atomic mass is 10.1. The van der Waals surface area contributed by atoms with Gasteiger partial charge in [-0.05, 0) is 18.2 Å². The van der Waals surface area contributed by atoms with Crippen LogP contribution in [0.2, 0.25) is 5.02 Å². The lowest BCUT2D eigenvalue weighted by Gasteiger charge is -2.22. The molecule has 21 heavy (non-hydrogen) atoms. The summed E-state index contributed by atoms with van der Waals surface area (Å²) in [5.74, 6) is 1.69. The number of carbonyl (C=O) groups excluding carboxylic acids is 2. The second-order valence-electron chi connectivity index (χ2n) is 4.75. The van der Waals surface area contributed by atoms with Gasteiger partial charge in [0, 0.05) is 43.1 Å². The monoisotopic (exact) mass is 327 g/mol. The number of thioether (sulfide) groups is 1. The predicted octanol–water partition coefficient (Wildman–Crippen LogP) is 1.73. The molecule has 0 radical (unpaired) electrons. The van der Waals surface area contributed by atoms with Gasteiger partial charge in [-0.2, -0.15) is 11.8 Å². The van der Waals surface area contributed by atoms with Gasteiger partial charge < -0.3 is 16.0 Å². The van der Waals surface area contributed by atoms with E-state index in [1.54, 1.807) is 25.2 Å². The zero-order chi connectivity index (χ0) is 15.2. The molecule has 1 unspecified atom stereocenters. The van der Waals surface area contributed by atoms with Crippen LogP contribution in [-0.4, -0.2) is 43.0 Å². The first-order chi connectivity index (χ1) is 10.1. The number of hydrogen-bond donors (Lipinski definition) is 3. The van der Waals surface area contributed by atoms with Gasteiger partial charge in [0.05, 0.1) is 10.7 Å². The topological polar surface area (TPSA) is 70.2 Å². The highest BCUT2D eigenvalue weighted by atomic mass is 35.5. The van der Waals surface area contributed by atoms with Gasteiger partial charge in [-0.25, -0.2) is 0 Å². The first-order valence-electron chi connectivity index (χ1n) is 6.72. The highest BCUT2D eigenvalue weighted by Crippen LogP contribution is 2.23. The average molecular weight is 328 g/mol. The fourth-order valence-corrected chi connectivity index (χ4v) is 3.20. The zero-order valence-corrected chi connectivity index (χ0v) is 13.3. The van der Waals surface area contributed by atoms with Gasteiger partial charge in [-0.15, -0.1) is 0 Å². The standard InChI is InChI=1S/C14H18ClN3O2S/c1-16-14(20)9-2-3-11(15)12(6-9)18-13(19)7-10-8-21-5-4-17-10/h2-3,6,10,17H,4-5,7-8H2,1H3,(H,16,20)(H,18,19). The highest BCUT2D eigenvalue weighted by Gasteiger charge is 2.17. The van der Waals surface area contributed by atoms with Gasteiger partial charge in [0.1, 0.15) is 0 Å². The molecule has 0 spiro atoms. The van der Waals surface area contributed by atoms with Crippen LogP contribution < -0.4 is 16.0 Å². The van der Waals surface area contributed by atoms with Crippen molar-refractivity contribution in [2.24, 2.45) is 0 Å². The van der Waals surface area contributed by atoms with Crippen LogP contribution in [0.3, 0.4) is 0 Å². The van der Waals surface area contributed by atoms with E-state index in [9.17, 15) is 9.59 Å². The Morgan fingerprint density at radius 2 is 2.29 bits per heavy atom. The second-order valence-corrected chi connectivity index (χ2v) is 6.31. The predicted molar refractivity (Wildman–Crippen MR) is 87.2 cm³/mol. The Morgan fingerprint density at radius 1 is 1.48 bits per heavy atom. The van der Waals surface area contributed by atoms with Crippen molar-refractivity contribution in [2.75, 3.05) is 30.4 Å². The number of rotatable bonds is 4. The van der Waals surface area contributed by atoms with Crippen LogP contribution in [0.25, 0.3) is 0 Å². The Kier molecular flexibility index (Phi) is 5.90. The summed E-state index contributed by atoms with van der Waals surface area (Å²) in [5, 5.41) is 9.05. The van der Waals surface area contributed by atoms with Crippen LogP contribution >= 0.6 is 23.4 Å². The van der Waals surface area contributed by atoms with E-state index in [1.165, 1.54) is 0 Å². The zero-order valence-electron chi connectivity index (χ0n) is 11.7. The summed E-state index contributed by atoms with van der Waals surface area (Å²) in [6.07, 6.45) is 0.396. The van der Waals surface area contributed by atoms with Crippen LogP contribution in [0, 0.1) is 0 Å². The Balaban J connectivity index is 2.00. The van der Waals surface area contributed by atoms with E-state index in [4.69, 9.17) is 11.6 Å². The maximum Gasteiger partial charge on any atom is 0.251 e. The summed E-state index contributed by atoms with van der Waals surface area (Å²) in [7, 11) is 1.56. The summed E-state index contributed by atoms with van der Waals surface area (Å²) < 4.78 is 0. The molecule has 1 aliphatic heterocycles. The van der Waals surface area contributed by atoms with Crippen LogP contribution in [0.1, 0.15) is 16.8 Å². The largest absolute Gasteiger partial charge is 0.355 e. The number of amides is 2. The summed E-state index contributed by atoms with van der Waals surface area (Å²) >= 11 is 7.91. The number of hydrogen-bond acceptors (Lipinski definition) is 4. The van der Waals surface area contributed by atoms with Crippen molar-refractivity contribution in [3.8, 4) is 0 Å². The van der Waals surface area contributed by atoms with E-state index in [-0.39, 0.29) is 17.9 Å². The van der Waals surface area contributed by atoms with Gasteiger partial charge in [-0.3, -0.25) is 9.59 Å². The molecule has 5 nitrogen and oxygen atoms in total. The average Bonchev–Trinajstić information content (AvgIpc) is 2.49. The molecule has 7 heteroatoms. The van der Waals surface area contributed by atoms with Gasteiger partial charge in [0.25, 0.3) is 5.91 Å². The van der Waals surface area contributed by atoms with Crippen LogP contribution in [0.5, 0.6) is 0 Å². The number of benzene rings is 1. The molecule has 1 aromatic rings. The molecule has 0 aliphatic carbocycles. The summed E-state index contributed by atoms with van der Waals surface area (Å²) in [6, 6.07) is 5.00. The van der Waals surface area contributed by atoms with E-state index in [2.05, 4.69) is 16.0 Å². The van der Waals surface area contributed by atoms with Crippen molar-refractivity contribution < 1.29 is 9.59 Å². The Morgan fingerprint density at radius 3 is 2.95 bits per heavy atom. The molecule has 1 atom stereocenters. The third-order valence-corrected chi connectivity index (χ3v) is 4.62. The smallest absolute Gasteiger partial charge is 0.251 e. The lowest BCUT2D eigenvalue weighted by Crippen LogP contribution is -2.39. The normalized spacial score (nSPS) is 18.1. The molecule has 0 saturated carbocycles. The highest BCUT2D eigenvalue weighted by molar-refractivity contribution is 7.99. The number of carbonyl (C=O) groups is 2. The number of anilines is 1. The Labute approximate surface area is 133 Å². The van der Waals surface area contributed by atoms with Crippen LogP contribution in [-0.2, 0) is 4.79 Å². The summed E-state index contributed by atoms with van der Waals surface area (Å²) in [6.45, 7) is 0.926. The van der Waals surface area contributed by atoms with Crippen LogP contribution in [0.15, 0.2) is 18.2 Å². The molecule has 2 amide bonds. The maximum absolute atomic E-state index is 12.1. The molecule has 2 rings (SSSR count). The van der Waals surface area contributed by atoms with E-state index < -0.39 is 0 Å². The van der Waals surface area contributed by atoms with Crippen molar-refractivity contribution in [3.63, 3.8) is 0 Å². The lowest BCUT2D eigenvalue weighted by molar-refractivity contribution is -0.116. The van der Waals surface area contributed by atoms with Crippen molar-refractivity contribution in [3.05, 3.63) is 28.8 Å². The second kappa shape index (κ2) is 7.68.